The maximum absolute atomic E-state index is 11.8. The van der Waals surface area contributed by atoms with E-state index in [1.54, 1.807) is 25.3 Å². The normalized spacial score (nSPS) is 10.3. The van der Waals surface area contributed by atoms with E-state index in [0.29, 0.717) is 17.8 Å². The second-order valence-corrected chi connectivity index (χ2v) is 4.90. The predicted molar refractivity (Wildman–Crippen MR) is 76.6 cm³/mol. The van der Waals surface area contributed by atoms with Gasteiger partial charge in [0.15, 0.2) is 0 Å². The third kappa shape index (κ3) is 5.06. The number of anilines is 1. The van der Waals surface area contributed by atoms with Crippen LogP contribution in [0.5, 0.6) is 0 Å². The standard InChI is InChI=1S/C13H19BrN2O2/c1-18-8-4-2-3-7-16-13(17)10-5-6-12(15)11(14)9-10/h5-6,9H,2-4,7-8,15H2,1H3,(H,16,17). The minimum Gasteiger partial charge on any atom is -0.398 e. The molecular weight excluding hydrogens is 296 g/mol. The first-order valence-electron chi connectivity index (χ1n) is 5.97. The van der Waals surface area contributed by atoms with Crippen LogP contribution in [0.3, 0.4) is 0 Å². The molecule has 0 saturated carbocycles. The van der Waals surface area contributed by atoms with E-state index in [1.807, 2.05) is 0 Å². The van der Waals surface area contributed by atoms with Crippen LogP contribution in [0, 0.1) is 0 Å². The number of hydrogen-bond donors (Lipinski definition) is 2. The number of carbonyl (C=O) groups is 1. The van der Waals surface area contributed by atoms with Crippen LogP contribution in [0.4, 0.5) is 5.69 Å². The van der Waals surface area contributed by atoms with Gasteiger partial charge in [0.25, 0.3) is 5.91 Å². The largest absolute Gasteiger partial charge is 0.398 e. The molecule has 3 N–H and O–H groups in total. The van der Waals surface area contributed by atoms with Crippen molar-refractivity contribution in [3.8, 4) is 0 Å². The fraction of sp³-hybridized carbons (Fsp3) is 0.462. The van der Waals surface area contributed by atoms with Crippen molar-refractivity contribution in [2.24, 2.45) is 0 Å². The summed E-state index contributed by atoms with van der Waals surface area (Å²) in [6.45, 7) is 1.46. The molecule has 0 spiro atoms. The van der Waals surface area contributed by atoms with E-state index in [4.69, 9.17) is 10.5 Å². The Bertz CT molecular complexity index is 397. The van der Waals surface area contributed by atoms with Gasteiger partial charge >= 0.3 is 0 Å². The quantitative estimate of drug-likeness (QED) is 0.600. The summed E-state index contributed by atoms with van der Waals surface area (Å²) in [7, 11) is 1.70. The molecule has 0 heterocycles. The van der Waals surface area contributed by atoms with Crippen molar-refractivity contribution in [1.29, 1.82) is 0 Å². The molecule has 0 aliphatic rings. The van der Waals surface area contributed by atoms with Crippen molar-refractivity contribution in [2.75, 3.05) is 26.0 Å². The van der Waals surface area contributed by atoms with Gasteiger partial charge in [-0.3, -0.25) is 4.79 Å². The highest BCUT2D eigenvalue weighted by Crippen LogP contribution is 2.20. The average Bonchev–Trinajstić information content (AvgIpc) is 2.36. The Balaban J connectivity index is 2.30. The highest BCUT2D eigenvalue weighted by atomic mass is 79.9. The van der Waals surface area contributed by atoms with Crippen LogP contribution in [0.25, 0.3) is 0 Å². The van der Waals surface area contributed by atoms with E-state index in [2.05, 4.69) is 21.2 Å². The first kappa shape index (κ1) is 15.0. The summed E-state index contributed by atoms with van der Waals surface area (Å²) in [6, 6.07) is 5.17. The second-order valence-electron chi connectivity index (χ2n) is 4.05. The zero-order valence-corrected chi connectivity index (χ0v) is 12.1. The van der Waals surface area contributed by atoms with E-state index in [-0.39, 0.29) is 5.91 Å². The number of rotatable bonds is 7. The summed E-state index contributed by atoms with van der Waals surface area (Å²) in [4.78, 5) is 11.8. The van der Waals surface area contributed by atoms with E-state index in [9.17, 15) is 4.79 Å². The van der Waals surface area contributed by atoms with Crippen LogP contribution in [-0.4, -0.2) is 26.2 Å². The van der Waals surface area contributed by atoms with E-state index in [1.165, 1.54) is 0 Å². The van der Waals surface area contributed by atoms with Gasteiger partial charge in [0.1, 0.15) is 0 Å². The lowest BCUT2D eigenvalue weighted by Crippen LogP contribution is -2.24. The molecule has 1 rings (SSSR count). The zero-order valence-electron chi connectivity index (χ0n) is 10.5. The van der Waals surface area contributed by atoms with Crippen LogP contribution >= 0.6 is 15.9 Å². The number of nitrogen functional groups attached to an aromatic ring is 1. The van der Waals surface area contributed by atoms with Crippen molar-refractivity contribution in [3.63, 3.8) is 0 Å². The van der Waals surface area contributed by atoms with Crippen LogP contribution < -0.4 is 11.1 Å². The summed E-state index contributed by atoms with van der Waals surface area (Å²) in [5, 5.41) is 2.88. The molecule has 0 fully saturated rings. The van der Waals surface area contributed by atoms with Crippen molar-refractivity contribution in [1.82, 2.24) is 5.32 Å². The fourth-order valence-corrected chi connectivity index (χ4v) is 1.90. The van der Waals surface area contributed by atoms with Gasteiger partial charge in [-0.1, -0.05) is 0 Å². The molecule has 0 aliphatic carbocycles. The molecule has 1 aromatic carbocycles. The Morgan fingerprint density at radius 1 is 1.39 bits per heavy atom. The van der Waals surface area contributed by atoms with Gasteiger partial charge in [0, 0.05) is 36.0 Å². The Morgan fingerprint density at radius 3 is 2.83 bits per heavy atom. The number of ether oxygens (including phenoxy) is 1. The van der Waals surface area contributed by atoms with Gasteiger partial charge in [0.05, 0.1) is 0 Å². The lowest BCUT2D eigenvalue weighted by Gasteiger charge is -2.06. The third-order valence-electron chi connectivity index (χ3n) is 2.57. The van der Waals surface area contributed by atoms with Gasteiger partial charge in [-0.05, 0) is 53.4 Å². The number of nitrogens with two attached hydrogens (primary N) is 1. The molecule has 0 unspecified atom stereocenters. The number of nitrogens with one attached hydrogen (secondary N) is 1. The zero-order chi connectivity index (χ0) is 13.4. The van der Waals surface area contributed by atoms with Crippen LogP contribution in [0.15, 0.2) is 22.7 Å². The summed E-state index contributed by atoms with van der Waals surface area (Å²) in [5.74, 6) is -0.0672. The van der Waals surface area contributed by atoms with Crippen molar-refractivity contribution in [3.05, 3.63) is 28.2 Å². The van der Waals surface area contributed by atoms with E-state index < -0.39 is 0 Å². The molecule has 18 heavy (non-hydrogen) atoms. The lowest BCUT2D eigenvalue weighted by molar-refractivity contribution is 0.0952. The molecule has 0 aromatic heterocycles. The number of hydrogen-bond acceptors (Lipinski definition) is 3. The minimum atomic E-state index is -0.0672. The second kappa shape index (κ2) is 8.11. The Hall–Kier alpha value is -1.07. The number of amides is 1. The molecule has 0 bridgehead atoms. The van der Waals surface area contributed by atoms with Gasteiger partial charge in [-0.25, -0.2) is 0 Å². The summed E-state index contributed by atoms with van der Waals surface area (Å²) in [5.41, 5.74) is 6.92. The fourth-order valence-electron chi connectivity index (χ4n) is 1.52. The molecule has 0 saturated heterocycles. The summed E-state index contributed by atoms with van der Waals surface area (Å²) in [6.07, 6.45) is 3.05. The van der Waals surface area contributed by atoms with Gasteiger partial charge in [-0.2, -0.15) is 0 Å². The van der Waals surface area contributed by atoms with Crippen molar-refractivity contribution >= 4 is 27.5 Å². The van der Waals surface area contributed by atoms with Gasteiger partial charge in [-0.15, -0.1) is 0 Å². The maximum Gasteiger partial charge on any atom is 0.251 e. The number of unbranched alkanes of at least 4 members (excludes halogenated alkanes) is 2. The van der Waals surface area contributed by atoms with E-state index >= 15 is 0 Å². The molecule has 100 valence electrons. The summed E-state index contributed by atoms with van der Waals surface area (Å²) < 4.78 is 5.70. The van der Waals surface area contributed by atoms with Crippen LogP contribution in [-0.2, 0) is 4.74 Å². The number of halogens is 1. The molecule has 0 atom stereocenters. The Labute approximate surface area is 116 Å². The first-order chi connectivity index (χ1) is 8.65. The minimum absolute atomic E-state index is 0.0672. The number of methoxy groups -OCH3 is 1. The van der Waals surface area contributed by atoms with Crippen molar-refractivity contribution < 1.29 is 9.53 Å². The van der Waals surface area contributed by atoms with Crippen molar-refractivity contribution in [2.45, 2.75) is 19.3 Å². The molecule has 0 radical (unpaired) electrons. The van der Waals surface area contributed by atoms with Crippen LogP contribution in [0.2, 0.25) is 0 Å². The Morgan fingerprint density at radius 2 is 2.17 bits per heavy atom. The topological polar surface area (TPSA) is 64.3 Å². The number of benzene rings is 1. The lowest BCUT2D eigenvalue weighted by atomic mass is 10.2. The average molecular weight is 315 g/mol. The molecule has 0 aliphatic heterocycles. The molecular formula is C13H19BrN2O2. The van der Waals surface area contributed by atoms with Crippen LogP contribution in [0.1, 0.15) is 29.6 Å². The maximum atomic E-state index is 11.8. The predicted octanol–water partition coefficient (Wildman–Crippen LogP) is 2.58. The highest BCUT2D eigenvalue weighted by molar-refractivity contribution is 9.10. The van der Waals surface area contributed by atoms with Gasteiger partial charge in [0.2, 0.25) is 0 Å². The molecule has 1 aromatic rings. The SMILES string of the molecule is COCCCCCNC(=O)c1ccc(N)c(Br)c1. The monoisotopic (exact) mass is 314 g/mol. The van der Waals surface area contributed by atoms with Gasteiger partial charge < -0.3 is 15.8 Å². The molecule has 1 amide bonds. The molecule has 4 nitrogen and oxygen atoms in total. The number of carbonyl (C=O) groups excluding carboxylic acids is 1. The summed E-state index contributed by atoms with van der Waals surface area (Å²) >= 11 is 3.31. The Kier molecular flexibility index (Phi) is 6.75. The molecule has 5 heteroatoms. The third-order valence-corrected chi connectivity index (χ3v) is 3.26. The smallest absolute Gasteiger partial charge is 0.251 e. The van der Waals surface area contributed by atoms with E-state index in [0.717, 1.165) is 30.3 Å². The first-order valence-corrected chi connectivity index (χ1v) is 6.76. The highest BCUT2D eigenvalue weighted by Gasteiger charge is 2.06.